The van der Waals surface area contributed by atoms with Gasteiger partial charge in [-0.25, -0.2) is 8.42 Å². The Balaban J connectivity index is 1.58. The maximum Gasteiger partial charge on any atom is 0.151 e. The van der Waals surface area contributed by atoms with Crippen LogP contribution >= 0.6 is 0 Å². The Bertz CT molecular complexity index is 546. The summed E-state index contributed by atoms with van der Waals surface area (Å²) in [5.74, 6) is 1.25. The smallest absolute Gasteiger partial charge is 0.151 e. The van der Waals surface area contributed by atoms with Gasteiger partial charge < -0.3 is 5.73 Å². The van der Waals surface area contributed by atoms with Crippen molar-refractivity contribution in [2.45, 2.75) is 31.3 Å². The number of hydrogen-bond acceptors (Lipinski definition) is 5. The first-order valence-electron chi connectivity index (χ1n) is 6.79. The second-order valence-electron chi connectivity index (χ2n) is 5.54. The van der Waals surface area contributed by atoms with Crippen molar-refractivity contribution in [2.24, 2.45) is 0 Å². The first-order chi connectivity index (χ1) is 9.03. The SMILES string of the molecule is Nc1ccn(C2CCN(C3CCS(=O)(=O)C3)CC2)n1. The summed E-state index contributed by atoms with van der Waals surface area (Å²) in [6, 6.07) is 2.44. The third-order valence-electron chi connectivity index (χ3n) is 4.23. The molecule has 6 nitrogen and oxygen atoms in total. The maximum atomic E-state index is 11.5. The molecule has 0 amide bonds. The van der Waals surface area contributed by atoms with E-state index < -0.39 is 9.84 Å². The Morgan fingerprint density at radius 2 is 1.95 bits per heavy atom. The fourth-order valence-corrected chi connectivity index (χ4v) is 4.90. The van der Waals surface area contributed by atoms with Crippen LogP contribution in [0.25, 0.3) is 0 Å². The molecule has 2 fully saturated rings. The van der Waals surface area contributed by atoms with Crippen LogP contribution in [0.15, 0.2) is 12.3 Å². The van der Waals surface area contributed by atoms with Crippen molar-refractivity contribution in [2.75, 3.05) is 30.3 Å². The molecule has 1 aromatic heterocycles. The first kappa shape index (κ1) is 12.9. The van der Waals surface area contributed by atoms with Gasteiger partial charge in [0.2, 0.25) is 0 Å². The summed E-state index contributed by atoms with van der Waals surface area (Å²) < 4.78 is 25.0. The van der Waals surface area contributed by atoms with Gasteiger partial charge in [-0.1, -0.05) is 0 Å². The molecule has 0 aliphatic carbocycles. The highest BCUT2D eigenvalue weighted by Gasteiger charge is 2.34. The lowest BCUT2D eigenvalue weighted by Crippen LogP contribution is -2.42. The van der Waals surface area contributed by atoms with Crippen molar-refractivity contribution in [3.8, 4) is 0 Å². The second-order valence-corrected chi connectivity index (χ2v) is 7.77. The normalized spacial score (nSPS) is 28.7. The summed E-state index contributed by atoms with van der Waals surface area (Å²) in [7, 11) is -2.78. The van der Waals surface area contributed by atoms with E-state index in [2.05, 4.69) is 10.00 Å². The summed E-state index contributed by atoms with van der Waals surface area (Å²) in [6.07, 6.45) is 4.74. The minimum Gasteiger partial charge on any atom is -0.382 e. The first-order valence-corrected chi connectivity index (χ1v) is 8.61. The molecule has 0 saturated carbocycles. The molecule has 0 spiro atoms. The predicted octanol–water partition coefficient (Wildman–Crippen LogP) is 0.289. The number of rotatable bonds is 2. The Hall–Kier alpha value is -1.08. The van der Waals surface area contributed by atoms with Crippen molar-refractivity contribution in [1.82, 2.24) is 14.7 Å². The van der Waals surface area contributed by atoms with Crippen molar-refractivity contribution in [1.29, 1.82) is 0 Å². The van der Waals surface area contributed by atoms with Crippen LogP contribution in [0.4, 0.5) is 5.82 Å². The van der Waals surface area contributed by atoms with E-state index in [1.165, 1.54) is 0 Å². The lowest BCUT2D eigenvalue weighted by molar-refractivity contribution is 0.141. The third-order valence-corrected chi connectivity index (χ3v) is 5.98. The summed E-state index contributed by atoms with van der Waals surface area (Å²) in [5.41, 5.74) is 5.63. The van der Waals surface area contributed by atoms with E-state index in [9.17, 15) is 8.42 Å². The zero-order valence-corrected chi connectivity index (χ0v) is 11.7. The molecular weight excluding hydrogens is 264 g/mol. The molecule has 2 aliphatic rings. The molecule has 1 atom stereocenters. The summed E-state index contributed by atoms with van der Waals surface area (Å²) >= 11 is 0. The zero-order chi connectivity index (χ0) is 13.5. The molecule has 0 radical (unpaired) electrons. The molecule has 19 heavy (non-hydrogen) atoms. The highest BCUT2D eigenvalue weighted by atomic mass is 32.2. The van der Waals surface area contributed by atoms with Crippen LogP contribution in [-0.2, 0) is 9.84 Å². The molecule has 3 heterocycles. The third kappa shape index (κ3) is 2.76. The quantitative estimate of drug-likeness (QED) is 0.844. The van der Waals surface area contributed by atoms with Crippen molar-refractivity contribution in [3.63, 3.8) is 0 Å². The molecule has 7 heteroatoms. The van der Waals surface area contributed by atoms with Crippen LogP contribution in [0.2, 0.25) is 0 Å². The summed E-state index contributed by atoms with van der Waals surface area (Å²) in [5, 5.41) is 4.26. The average Bonchev–Trinajstić information content (AvgIpc) is 2.96. The summed E-state index contributed by atoms with van der Waals surface area (Å²) in [4.78, 5) is 2.33. The lowest BCUT2D eigenvalue weighted by atomic mass is 10.0. The number of hydrogen-bond donors (Lipinski definition) is 1. The zero-order valence-electron chi connectivity index (χ0n) is 10.9. The van der Waals surface area contributed by atoms with Gasteiger partial charge in [0, 0.05) is 25.3 Å². The number of piperidine rings is 1. The van der Waals surface area contributed by atoms with E-state index in [4.69, 9.17) is 5.73 Å². The molecule has 2 aliphatic heterocycles. The van der Waals surface area contributed by atoms with Crippen molar-refractivity contribution >= 4 is 15.7 Å². The summed E-state index contributed by atoms with van der Waals surface area (Å²) in [6.45, 7) is 1.90. The van der Waals surface area contributed by atoms with Gasteiger partial charge in [-0.15, -0.1) is 0 Å². The molecule has 1 unspecified atom stereocenters. The molecule has 3 rings (SSSR count). The molecule has 106 valence electrons. The molecule has 2 N–H and O–H groups in total. The Labute approximate surface area is 113 Å². The van der Waals surface area contributed by atoms with Crippen LogP contribution in [0.1, 0.15) is 25.3 Å². The van der Waals surface area contributed by atoms with Gasteiger partial charge in [0.15, 0.2) is 9.84 Å². The van der Waals surface area contributed by atoms with E-state index in [-0.39, 0.29) is 6.04 Å². The molecule has 2 saturated heterocycles. The van der Waals surface area contributed by atoms with Gasteiger partial charge in [0.05, 0.1) is 17.5 Å². The minimum atomic E-state index is -2.78. The van der Waals surface area contributed by atoms with Gasteiger partial charge >= 0.3 is 0 Å². The van der Waals surface area contributed by atoms with E-state index in [0.717, 1.165) is 32.4 Å². The number of sulfone groups is 1. The highest BCUT2D eigenvalue weighted by Crippen LogP contribution is 2.26. The van der Waals surface area contributed by atoms with Gasteiger partial charge in [0.1, 0.15) is 5.82 Å². The molecule has 0 bridgehead atoms. The molecule has 1 aromatic rings. The topological polar surface area (TPSA) is 81.2 Å². The largest absolute Gasteiger partial charge is 0.382 e. The number of nitrogen functional groups attached to an aromatic ring is 1. The van der Waals surface area contributed by atoms with Crippen LogP contribution in [-0.4, -0.2) is 53.7 Å². The Morgan fingerprint density at radius 1 is 1.21 bits per heavy atom. The lowest BCUT2D eigenvalue weighted by Gasteiger charge is -2.35. The molecule has 0 aromatic carbocycles. The maximum absolute atomic E-state index is 11.5. The predicted molar refractivity (Wildman–Crippen MR) is 73.5 cm³/mol. The Kier molecular flexibility index (Phi) is 3.26. The van der Waals surface area contributed by atoms with Crippen LogP contribution in [0, 0.1) is 0 Å². The number of anilines is 1. The van der Waals surface area contributed by atoms with E-state index in [1.807, 2.05) is 16.9 Å². The average molecular weight is 284 g/mol. The van der Waals surface area contributed by atoms with E-state index in [1.54, 1.807) is 0 Å². The van der Waals surface area contributed by atoms with Gasteiger partial charge in [0.25, 0.3) is 0 Å². The monoisotopic (exact) mass is 284 g/mol. The number of aromatic nitrogens is 2. The molecular formula is C12H20N4O2S. The fourth-order valence-electron chi connectivity index (χ4n) is 3.13. The van der Waals surface area contributed by atoms with Gasteiger partial charge in [-0.05, 0) is 25.3 Å². The van der Waals surface area contributed by atoms with Gasteiger partial charge in [-0.3, -0.25) is 9.58 Å². The number of nitrogens with zero attached hydrogens (tertiary/aromatic N) is 3. The van der Waals surface area contributed by atoms with E-state index in [0.29, 0.717) is 23.4 Å². The van der Waals surface area contributed by atoms with Crippen LogP contribution in [0.3, 0.4) is 0 Å². The highest BCUT2D eigenvalue weighted by molar-refractivity contribution is 7.91. The van der Waals surface area contributed by atoms with Crippen LogP contribution < -0.4 is 5.73 Å². The van der Waals surface area contributed by atoms with Crippen molar-refractivity contribution < 1.29 is 8.42 Å². The minimum absolute atomic E-state index is 0.230. The number of nitrogens with two attached hydrogens (primary N) is 1. The number of likely N-dealkylation sites (tertiary alicyclic amines) is 1. The van der Waals surface area contributed by atoms with Crippen LogP contribution in [0.5, 0.6) is 0 Å². The van der Waals surface area contributed by atoms with Gasteiger partial charge in [-0.2, -0.15) is 5.10 Å². The Morgan fingerprint density at radius 3 is 2.47 bits per heavy atom. The van der Waals surface area contributed by atoms with E-state index >= 15 is 0 Å². The second kappa shape index (κ2) is 4.79. The van der Waals surface area contributed by atoms with Crippen molar-refractivity contribution in [3.05, 3.63) is 12.3 Å². The standard InChI is InChI=1S/C12H20N4O2S/c13-12-3-7-16(14-12)10-1-5-15(6-2-10)11-4-8-19(17,18)9-11/h3,7,10-11H,1-2,4-6,8-9H2,(H2,13,14). The fraction of sp³-hybridized carbons (Fsp3) is 0.750.